The van der Waals surface area contributed by atoms with E-state index in [1.807, 2.05) is 24.3 Å². The van der Waals surface area contributed by atoms with Gasteiger partial charge < -0.3 is 19.2 Å². The molecule has 2 rings (SSSR count). The van der Waals surface area contributed by atoms with E-state index in [2.05, 4.69) is 26.0 Å². The van der Waals surface area contributed by atoms with E-state index in [0.29, 0.717) is 11.5 Å². The SMILES string of the molecule is COC(=O)[C@H](C)NC(=O)c1ccc(COc2ccc(Br)cc2)o1. The Balaban J connectivity index is 1.91. The van der Waals surface area contributed by atoms with E-state index >= 15 is 0 Å². The minimum Gasteiger partial charge on any atom is -0.486 e. The number of carbonyl (C=O) groups excluding carboxylic acids is 2. The first-order valence-corrected chi connectivity index (χ1v) is 7.64. The Morgan fingerprint density at radius 2 is 1.91 bits per heavy atom. The Kier molecular flexibility index (Phi) is 5.81. The predicted octanol–water partition coefficient (Wildman–Crippen LogP) is 2.91. The second-order valence-corrected chi connectivity index (χ2v) is 5.64. The van der Waals surface area contributed by atoms with E-state index in [-0.39, 0.29) is 12.4 Å². The van der Waals surface area contributed by atoms with Gasteiger partial charge in [0.25, 0.3) is 5.91 Å². The lowest BCUT2D eigenvalue weighted by Gasteiger charge is -2.09. The molecule has 0 spiro atoms. The van der Waals surface area contributed by atoms with Gasteiger partial charge >= 0.3 is 5.97 Å². The van der Waals surface area contributed by atoms with Crippen molar-refractivity contribution >= 4 is 27.8 Å². The van der Waals surface area contributed by atoms with Gasteiger partial charge in [-0.1, -0.05) is 15.9 Å². The number of hydrogen-bond acceptors (Lipinski definition) is 5. The van der Waals surface area contributed by atoms with Gasteiger partial charge in [0, 0.05) is 4.47 Å². The van der Waals surface area contributed by atoms with Crippen molar-refractivity contribution in [2.24, 2.45) is 0 Å². The molecule has 23 heavy (non-hydrogen) atoms. The maximum Gasteiger partial charge on any atom is 0.328 e. The number of hydrogen-bond donors (Lipinski definition) is 1. The molecule has 6 nitrogen and oxygen atoms in total. The molecule has 0 fully saturated rings. The van der Waals surface area contributed by atoms with E-state index < -0.39 is 17.9 Å². The Hall–Kier alpha value is -2.28. The molecule has 2 aromatic rings. The van der Waals surface area contributed by atoms with Crippen LogP contribution in [-0.4, -0.2) is 25.0 Å². The molecular formula is C16H16BrNO5. The highest BCUT2D eigenvalue weighted by molar-refractivity contribution is 9.10. The summed E-state index contributed by atoms with van der Waals surface area (Å²) in [6.07, 6.45) is 0. The third kappa shape index (κ3) is 4.85. The predicted molar refractivity (Wildman–Crippen MR) is 86.1 cm³/mol. The van der Waals surface area contributed by atoms with Crippen molar-refractivity contribution in [2.45, 2.75) is 19.6 Å². The summed E-state index contributed by atoms with van der Waals surface area (Å²) in [5.74, 6) is 0.287. The van der Waals surface area contributed by atoms with Crippen molar-refractivity contribution in [3.63, 3.8) is 0 Å². The molecule has 0 bridgehead atoms. The molecule has 0 unspecified atom stereocenters. The minimum atomic E-state index is -0.750. The zero-order valence-corrected chi connectivity index (χ0v) is 14.3. The van der Waals surface area contributed by atoms with E-state index in [0.717, 1.165) is 4.47 Å². The number of halogens is 1. The van der Waals surface area contributed by atoms with Crippen LogP contribution in [0.2, 0.25) is 0 Å². The van der Waals surface area contributed by atoms with Crippen LogP contribution in [0.1, 0.15) is 23.2 Å². The fraction of sp³-hybridized carbons (Fsp3) is 0.250. The molecule has 0 radical (unpaired) electrons. The lowest BCUT2D eigenvalue weighted by Crippen LogP contribution is -2.38. The minimum absolute atomic E-state index is 0.107. The summed E-state index contributed by atoms with van der Waals surface area (Å²) in [6, 6.07) is 9.79. The topological polar surface area (TPSA) is 77.8 Å². The molecule has 0 saturated carbocycles. The number of amides is 1. The van der Waals surface area contributed by atoms with Crippen LogP contribution in [-0.2, 0) is 16.1 Å². The summed E-state index contributed by atoms with van der Waals surface area (Å²) in [5, 5.41) is 2.49. The molecular weight excluding hydrogens is 366 g/mol. The molecule has 1 N–H and O–H groups in total. The van der Waals surface area contributed by atoms with Crippen LogP contribution < -0.4 is 10.1 Å². The van der Waals surface area contributed by atoms with E-state index in [1.165, 1.54) is 20.1 Å². The number of ether oxygens (including phenoxy) is 2. The molecule has 1 heterocycles. The fourth-order valence-corrected chi connectivity index (χ4v) is 2.03. The average Bonchev–Trinajstić information content (AvgIpc) is 3.02. The highest BCUT2D eigenvalue weighted by Gasteiger charge is 2.19. The Labute approximate surface area is 141 Å². The number of methoxy groups -OCH3 is 1. The summed E-state index contributed by atoms with van der Waals surface area (Å²) in [5.41, 5.74) is 0. The summed E-state index contributed by atoms with van der Waals surface area (Å²) in [6.45, 7) is 1.73. The fourth-order valence-electron chi connectivity index (χ4n) is 1.77. The molecule has 1 aromatic heterocycles. The van der Waals surface area contributed by atoms with Crippen molar-refractivity contribution in [1.82, 2.24) is 5.32 Å². The van der Waals surface area contributed by atoms with Crippen LogP contribution >= 0.6 is 15.9 Å². The highest BCUT2D eigenvalue weighted by Crippen LogP contribution is 2.18. The molecule has 0 aliphatic heterocycles. The molecule has 122 valence electrons. The number of esters is 1. The van der Waals surface area contributed by atoms with Gasteiger partial charge in [0.15, 0.2) is 5.76 Å². The van der Waals surface area contributed by atoms with Crippen LogP contribution in [0.25, 0.3) is 0 Å². The zero-order chi connectivity index (χ0) is 16.8. The average molecular weight is 382 g/mol. The van der Waals surface area contributed by atoms with Crippen LogP contribution in [0.15, 0.2) is 45.3 Å². The zero-order valence-electron chi connectivity index (χ0n) is 12.7. The summed E-state index contributed by atoms with van der Waals surface area (Å²) in [7, 11) is 1.26. The van der Waals surface area contributed by atoms with Crippen molar-refractivity contribution < 1.29 is 23.5 Å². The number of carbonyl (C=O) groups is 2. The van der Waals surface area contributed by atoms with Gasteiger partial charge in [-0.15, -0.1) is 0 Å². The number of benzene rings is 1. The van der Waals surface area contributed by atoms with Gasteiger partial charge in [-0.2, -0.15) is 0 Å². The van der Waals surface area contributed by atoms with Crippen molar-refractivity contribution in [3.05, 3.63) is 52.4 Å². The first kappa shape index (κ1) is 17.1. The van der Waals surface area contributed by atoms with Crippen molar-refractivity contribution in [1.29, 1.82) is 0 Å². The highest BCUT2D eigenvalue weighted by atomic mass is 79.9. The quantitative estimate of drug-likeness (QED) is 0.778. The molecule has 0 aliphatic rings. The molecule has 1 aromatic carbocycles. The van der Waals surface area contributed by atoms with E-state index in [4.69, 9.17) is 9.15 Å². The van der Waals surface area contributed by atoms with E-state index in [9.17, 15) is 9.59 Å². The third-order valence-corrected chi connectivity index (χ3v) is 3.51. The Morgan fingerprint density at radius 1 is 1.22 bits per heavy atom. The number of nitrogens with one attached hydrogen (secondary N) is 1. The van der Waals surface area contributed by atoms with Gasteiger partial charge in [-0.05, 0) is 43.3 Å². The number of rotatable bonds is 6. The summed E-state index contributed by atoms with van der Waals surface area (Å²) >= 11 is 3.34. The molecule has 1 atom stereocenters. The smallest absolute Gasteiger partial charge is 0.328 e. The monoisotopic (exact) mass is 381 g/mol. The maximum atomic E-state index is 11.9. The molecule has 0 aliphatic carbocycles. The van der Waals surface area contributed by atoms with Crippen molar-refractivity contribution in [2.75, 3.05) is 7.11 Å². The molecule has 7 heteroatoms. The first-order valence-electron chi connectivity index (χ1n) is 6.85. The van der Waals surface area contributed by atoms with Crippen molar-refractivity contribution in [3.8, 4) is 5.75 Å². The van der Waals surface area contributed by atoms with Crippen LogP contribution in [0.5, 0.6) is 5.75 Å². The normalized spacial score (nSPS) is 11.6. The van der Waals surface area contributed by atoms with Gasteiger partial charge in [0.2, 0.25) is 0 Å². The summed E-state index contributed by atoms with van der Waals surface area (Å²) in [4.78, 5) is 23.2. The lowest BCUT2D eigenvalue weighted by atomic mass is 10.3. The largest absolute Gasteiger partial charge is 0.486 e. The standard InChI is InChI=1S/C16H16BrNO5/c1-10(16(20)21-2)18-15(19)14-8-7-13(23-14)9-22-12-5-3-11(17)4-6-12/h3-8,10H,9H2,1-2H3,(H,18,19)/t10-/m0/s1. The van der Waals surface area contributed by atoms with Crippen LogP contribution in [0, 0.1) is 0 Å². The number of furan rings is 1. The van der Waals surface area contributed by atoms with Gasteiger partial charge in [-0.25, -0.2) is 4.79 Å². The van der Waals surface area contributed by atoms with Gasteiger partial charge in [-0.3, -0.25) is 4.79 Å². The Morgan fingerprint density at radius 3 is 2.57 bits per heavy atom. The third-order valence-electron chi connectivity index (χ3n) is 2.98. The summed E-state index contributed by atoms with van der Waals surface area (Å²) < 4.78 is 16.5. The molecule has 1 amide bonds. The Bertz CT molecular complexity index is 680. The van der Waals surface area contributed by atoms with Gasteiger partial charge in [0.1, 0.15) is 24.2 Å². The molecule has 0 saturated heterocycles. The second-order valence-electron chi connectivity index (χ2n) is 4.73. The first-order chi connectivity index (χ1) is 11.0. The second kappa shape index (κ2) is 7.82. The van der Waals surface area contributed by atoms with Crippen LogP contribution in [0.4, 0.5) is 0 Å². The maximum absolute atomic E-state index is 11.9. The van der Waals surface area contributed by atoms with Gasteiger partial charge in [0.05, 0.1) is 7.11 Å². The van der Waals surface area contributed by atoms with Crippen LogP contribution in [0.3, 0.4) is 0 Å². The van der Waals surface area contributed by atoms with E-state index in [1.54, 1.807) is 6.07 Å². The lowest BCUT2D eigenvalue weighted by molar-refractivity contribution is -0.142.